The molecule has 2 aliphatic heterocycles. The third-order valence-electron chi connectivity index (χ3n) is 5.27. The lowest BCUT2D eigenvalue weighted by Crippen LogP contribution is -2.48. The predicted molar refractivity (Wildman–Crippen MR) is 93.4 cm³/mol. The largest absolute Gasteiger partial charge is 0.376 e. The molecule has 0 aliphatic carbocycles. The summed E-state index contributed by atoms with van der Waals surface area (Å²) in [7, 11) is 0. The van der Waals surface area contributed by atoms with Crippen molar-refractivity contribution in [2.24, 2.45) is 5.92 Å². The Morgan fingerprint density at radius 3 is 2.65 bits per heavy atom. The number of pyridine rings is 1. The Kier molecular flexibility index (Phi) is 5.34. The van der Waals surface area contributed by atoms with E-state index in [0.717, 1.165) is 32.2 Å². The number of ether oxygens (including phenoxy) is 1. The second-order valence-corrected chi connectivity index (χ2v) is 7.81. The maximum Gasteiger partial charge on any atom is 0.0629 e. The van der Waals surface area contributed by atoms with Crippen molar-refractivity contribution in [1.82, 2.24) is 14.8 Å². The van der Waals surface area contributed by atoms with Crippen LogP contribution in [0.3, 0.4) is 0 Å². The van der Waals surface area contributed by atoms with Gasteiger partial charge in [0.05, 0.1) is 11.3 Å². The fraction of sp³-hybridized carbons (Fsp3) is 0.737. The van der Waals surface area contributed by atoms with Crippen molar-refractivity contribution in [2.75, 3.05) is 39.3 Å². The summed E-state index contributed by atoms with van der Waals surface area (Å²) in [6.07, 6.45) is 4.32. The lowest BCUT2D eigenvalue weighted by atomic mass is 9.88. The van der Waals surface area contributed by atoms with Crippen molar-refractivity contribution in [3.05, 3.63) is 29.6 Å². The van der Waals surface area contributed by atoms with Gasteiger partial charge in [0.25, 0.3) is 0 Å². The van der Waals surface area contributed by atoms with Crippen molar-refractivity contribution >= 4 is 0 Å². The molecular formula is C19H31N3O. The van der Waals surface area contributed by atoms with Crippen molar-refractivity contribution in [3.63, 3.8) is 0 Å². The lowest BCUT2D eigenvalue weighted by Gasteiger charge is -2.40. The summed E-state index contributed by atoms with van der Waals surface area (Å²) < 4.78 is 5.85. The number of aryl methyl sites for hydroxylation is 1. The van der Waals surface area contributed by atoms with Crippen LogP contribution in [0.15, 0.2) is 18.3 Å². The van der Waals surface area contributed by atoms with Gasteiger partial charge < -0.3 is 9.64 Å². The maximum atomic E-state index is 5.85. The van der Waals surface area contributed by atoms with E-state index in [-0.39, 0.29) is 5.60 Å². The summed E-state index contributed by atoms with van der Waals surface area (Å²) >= 11 is 0. The van der Waals surface area contributed by atoms with Crippen molar-refractivity contribution in [3.8, 4) is 0 Å². The highest BCUT2D eigenvalue weighted by molar-refractivity contribution is 5.17. The van der Waals surface area contributed by atoms with Gasteiger partial charge in [-0.25, -0.2) is 0 Å². The zero-order valence-corrected chi connectivity index (χ0v) is 14.9. The summed E-state index contributed by atoms with van der Waals surface area (Å²) in [5, 5.41) is 0. The monoisotopic (exact) mass is 317 g/mol. The van der Waals surface area contributed by atoms with Gasteiger partial charge in [0.2, 0.25) is 0 Å². The van der Waals surface area contributed by atoms with Gasteiger partial charge >= 0.3 is 0 Å². The highest BCUT2D eigenvalue weighted by Crippen LogP contribution is 2.29. The Bertz CT molecular complexity index is 509. The molecule has 1 aromatic heterocycles. The Hall–Kier alpha value is -0.970. The van der Waals surface area contributed by atoms with Crippen LogP contribution in [0.1, 0.15) is 37.9 Å². The van der Waals surface area contributed by atoms with Gasteiger partial charge in [-0.1, -0.05) is 6.07 Å². The molecule has 0 aromatic carbocycles. The third-order valence-corrected chi connectivity index (χ3v) is 5.27. The summed E-state index contributed by atoms with van der Waals surface area (Å²) in [4.78, 5) is 9.72. The Morgan fingerprint density at radius 1 is 1.22 bits per heavy atom. The van der Waals surface area contributed by atoms with E-state index in [1.807, 2.05) is 12.3 Å². The lowest BCUT2D eigenvalue weighted by molar-refractivity contribution is -0.0782. The van der Waals surface area contributed by atoms with E-state index in [4.69, 9.17) is 4.74 Å². The molecule has 0 amide bonds. The average molecular weight is 317 g/mol. The zero-order chi connectivity index (χ0) is 16.3. The molecule has 3 heterocycles. The molecule has 0 saturated carbocycles. The molecule has 2 saturated heterocycles. The smallest absolute Gasteiger partial charge is 0.0629 e. The van der Waals surface area contributed by atoms with Gasteiger partial charge in [-0.05, 0) is 51.2 Å². The van der Waals surface area contributed by atoms with Crippen LogP contribution in [-0.4, -0.2) is 59.7 Å². The number of aromatic nitrogens is 1. The number of rotatable bonds is 4. The minimum atomic E-state index is 0.0707. The van der Waals surface area contributed by atoms with Crippen molar-refractivity contribution in [1.29, 1.82) is 0 Å². The van der Waals surface area contributed by atoms with Crippen LogP contribution >= 0.6 is 0 Å². The first-order valence-corrected chi connectivity index (χ1v) is 9.01. The first-order chi connectivity index (χ1) is 11.0. The van der Waals surface area contributed by atoms with Gasteiger partial charge in [0.15, 0.2) is 0 Å². The molecule has 1 unspecified atom stereocenters. The van der Waals surface area contributed by atoms with Crippen molar-refractivity contribution in [2.45, 2.75) is 45.8 Å². The molecule has 0 radical (unpaired) electrons. The van der Waals surface area contributed by atoms with Gasteiger partial charge in [0.1, 0.15) is 0 Å². The summed E-state index contributed by atoms with van der Waals surface area (Å²) in [6.45, 7) is 14.5. The number of hydrogen-bond donors (Lipinski definition) is 0. The molecule has 1 aromatic rings. The van der Waals surface area contributed by atoms with E-state index < -0.39 is 0 Å². The maximum absolute atomic E-state index is 5.85. The predicted octanol–water partition coefficient (Wildman–Crippen LogP) is 2.71. The molecule has 2 aliphatic rings. The Morgan fingerprint density at radius 2 is 1.96 bits per heavy atom. The molecule has 23 heavy (non-hydrogen) atoms. The molecule has 0 N–H and O–H groups in total. The minimum Gasteiger partial charge on any atom is -0.376 e. The van der Waals surface area contributed by atoms with Crippen LogP contribution in [-0.2, 0) is 11.3 Å². The molecular weight excluding hydrogens is 286 g/mol. The van der Waals surface area contributed by atoms with Gasteiger partial charge in [-0.2, -0.15) is 0 Å². The second-order valence-electron chi connectivity index (χ2n) is 7.81. The molecule has 0 bridgehead atoms. The van der Waals surface area contributed by atoms with E-state index in [0.29, 0.717) is 0 Å². The highest BCUT2D eigenvalue weighted by Gasteiger charge is 2.30. The van der Waals surface area contributed by atoms with E-state index in [9.17, 15) is 0 Å². The molecule has 2 fully saturated rings. The molecule has 1 atom stereocenters. The topological polar surface area (TPSA) is 28.6 Å². The van der Waals surface area contributed by atoms with Crippen LogP contribution in [0.25, 0.3) is 0 Å². The van der Waals surface area contributed by atoms with Crippen LogP contribution in [0.4, 0.5) is 0 Å². The standard InChI is InChI=1S/C19H31N3O/c1-16-5-4-7-20-18(16)15-22-10-8-21(9-11-22)14-17-6-12-23-19(2,3)13-17/h4-5,7,17H,6,8-15H2,1-3H3. The van der Waals surface area contributed by atoms with E-state index in [2.05, 4.69) is 41.6 Å². The molecule has 3 rings (SSSR count). The summed E-state index contributed by atoms with van der Waals surface area (Å²) in [6, 6.07) is 4.18. The summed E-state index contributed by atoms with van der Waals surface area (Å²) in [5.74, 6) is 0.795. The van der Waals surface area contributed by atoms with E-state index in [1.165, 1.54) is 43.7 Å². The average Bonchev–Trinajstić information content (AvgIpc) is 2.50. The quantitative estimate of drug-likeness (QED) is 0.854. The van der Waals surface area contributed by atoms with Crippen LogP contribution in [0.5, 0.6) is 0 Å². The minimum absolute atomic E-state index is 0.0707. The first kappa shape index (κ1) is 16.9. The Balaban J connectivity index is 1.44. The van der Waals surface area contributed by atoms with Crippen molar-refractivity contribution < 1.29 is 4.74 Å². The third kappa shape index (κ3) is 4.75. The van der Waals surface area contributed by atoms with Gasteiger partial charge in [-0.15, -0.1) is 0 Å². The SMILES string of the molecule is Cc1cccnc1CN1CCN(CC2CCOC(C)(C)C2)CC1. The van der Waals surface area contributed by atoms with Crippen LogP contribution in [0, 0.1) is 12.8 Å². The fourth-order valence-electron chi connectivity index (χ4n) is 3.90. The normalized spacial score (nSPS) is 26.3. The highest BCUT2D eigenvalue weighted by atomic mass is 16.5. The molecule has 4 nitrogen and oxygen atoms in total. The van der Waals surface area contributed by atoms with Gasteiger partial charge in [0, 0.05) is 52.1 Å². The number of nitrogens with zero attached hydrogens (tertiary/aromatic N) is 3. The summed E-state index contributed by atoms with van der Waals surface area (Å²) in [5.41, 5.74) is 2.60. The van der Waals surface area contributed by atoms with Gasteiger partial charge in [-0.3, -0.25) is 9.88 Å². The van der Waals surface area contributed by atoms with E-state index in [1.54, 1.807) is 0 Å². The molecule has 128 valence electrons. The Labute approximate surface area is 140 Å². The first-order valence-electron chi connectivity index (χ1n) is 9.01. The number of hydrogen-bond acceptors (Lipinski definition) is 4. The zero-order valence-electron chi connectivity index (χ0n) is 14.9. The second kappa shape index (κ2) is 7.29. The number of piperazine rings is 1. The molecule has 4 heteroatoms. The molecule has 0 spiro atoms. The van der Waals surface area contributed by atoms with Crippen LogP contribution < -0.4 is 0 Å². The fourth-order valence-corrected chi connectivity index (χ4v) is 3.90. The van der Waals surface area contributed by atoms with Crippen LogP contribution in [0.2, 0.25) is 0 Å². The van der Waals surface area contributed by atoms with E-state index >= 15 is 0 Å².